The Morgan fingerprint density at radius 1 is 1.39 bits per heavy atom. The second kappa shape index (κ2) is 5.55. The Bertz CT molecular complexity index is 420. The van der Waals surface area contributed by atoms with Crippen LogP contribution >= 0.6 is 15.9 Å². The number of hydrogen-bond donors (Lipinski definition) is 0. The summed E-state index contributed by atoms with van der Waals surface area (Å²) in [6, 6.07) is 2.09. The van der Waals surface area contributed by atoms with E-state index in [1.807, 2.05) is 0 Å². The van der Waals surface area contributed by atoms with E-state index in [0.29, 0.717) is 16.7 Å². The van der Waals surface area contributed by atoms with Gasteiger partial charge in [-0.2, -0.15) is 0 Å². The zero-order valence-corrected chi connectivity index (χ0v) is 13.2. The van der Waals surface area contributed by atoms with Crippen LogP contribution in [0, 0.1) is 12.8 Å². The average molecular weight is 312 g/mol. The molecule has 1 aliphatic heterocycles. The van der Waals surface area contributed by atoms with E-state index in [9.17, 15) is 0 Å². The molecule has 2 heterocycles. The maximum absolute atomic E-state index is 4.72. The molecular formula is C14H22BrN3. The number of alkyl halides is 1. The van der Waals surface area contributed by atoms with E-state index in [1.54, 1.807) is 0 Å². The Kier molecular flexibility index (Phi) is 4.25. The summed E-state index contributed by atoms with van der Waals surface area (Å²) in [5.74, 6) is 2.01. The van der Waals surface area contributed by atoms with Crippen molar-refractivity contribution in [1.29, 1.82) is 0 Å². The molecule has 18 heavy (non-hydrogen) atoms. The third-order valence-corrected chi connectivity index (χ3v) is 4.90. The van der Waals surface area contributed by atoms with Gasteiger partial charge < -0.3 is 4.90 Å². The van der Waals surface area contributed by atoms with Gasteiger partial charge in [0.25, 0.3) is 0 Å². The van der Waals surface area contributed by atoms with Gasteiger partial charge in [0.2, 0.25) is 5.95 Å². The molecule has 2 unspecified atom stereocenters. The second-order valence-corrected chi connectivity index (χ2v) is 6.79. The first kappa shape index (κ1) is 13.8. The summed E-state index contributed by atoms with van der Waals surface area (Å²) in [4.78, 5) is 12.3. The van der Waals surface area contributed by atoms with Gasteiger partial charge in [0.15, 0.2) is 0 Å². The van der Waals surface area contributed by atoms with E-state index in [-0.39, 0.29) is 0 Å². The molecule has 0 spiro atoms. The lowest BCUT2D eigenvalue weighted by Crippen LogP contribution is -2.40. The molecule has 0 aliphatic carbocycles. The number of nitrogens with zero attached hydrogens (tertiary/aromatic N) is 3. The molecule has 3 nitrogen and oxygen atoms in total. The number of hydrogen-bond acceptors (Lipinski definition) is 3. The standard InChI is InChI=1S/C14H22BrN3/c1-9(2)13-7-11(4)16-14(17-13)18-6-5-12(15)10(3)8-18/h7,9-10,12H,5-6,8H2,1-4H3. The van der Waals surface area contributed by atoms with Crippen molar-refractivity contribution in [2.45, 2.75) is 44.9 Å². The molecule has 1 fully saturated rings. The van der Waals surface area contributed by atoms with Crippen LogP contribution in [0.4, 0.5) is 5.95 Å². The summed E-state index contributed by atoms with van der Waals surface area (Å²) in [5.41, 5.74) is 2.21. The van der Waals surface area contributed by atoms with E-state index in [1.165, 1.54) is 0 Å². The zero-order valence-electron chi connectivity index (χ0n) is 11.7. The number of piperidine rings is 1. The minimum atomic E-state index is 0.455. The molecule has 100 valence electrons. The Labute approximate surface area is 118 Å². The van der Waals surface area contributed by atoms with Gasteiger partial charge >= 0.3 is 0 Å². The molecule has 0 N–H and O–H groups in total. The third kappa shape index (κ3) is 3.02. The molecule has 0 aromatic carbocycles. The fourth-order valence-corrected chi connectivity index (χ4v) is 2.68. The first-order valence-corrected chi connectivity index (χ1v) is 7.63. The number of aryl methyl sites for hydroxylation is 1. The fraction of sp³-hybridized carbons (Fsp3) is 0.714. The van der Waals surface area contributed by atoms with E-state index < -0.39 is 0 Å². The molecular weight excluding hydrogens is 290 g/mol. The van der Waals surface area contributed by atoms with Gasteiger partial charge in [-0.1, -0.05) is 36.7 Å². The summed E-state index contributed by atoms with van der Waals surface area (Å²) < 4.78 is 0. The third-order valence-electron chi connectivity index (χ3n) is 3.54. The topological polar surface area (TPSA) is 29.0 Å². The van der Waals surface area contributed by atoms with Crippen LogP contribution < -0.4 is 4.90 Å². The van der Waals surface area contributed by atoms with Gasteiger partial charge in [0, 0.05) is 29.3 Å². The van der Waals surface area contributed by atoms with Crippen molar-refractivity contribution >= 4 is 21.9 Å². The maximum atomic E-state index is 4.72. The summed E-state index contributed by atoms with van der Waals surface area (Å²) in [6.45, 7) is 10.8. The molecule has 2 atom stereocenters. The van der Waals surface area contributed by atoms with Crippen LogP contribution in [0.5, 0.6) is 0 Å². The molecule has 0 bridgehead atoms. The summed E-state index contributed by atoms with van der Waals surface area (Å²) in [5, 5.41) is 0. The fourth-order valence-electron chi connectivity index (χ4n) is 2.31. The van der Waals surface area contributed by atoms with Crippen molar-refractivity contribution in [3.05, 3.63) is 17.5 Å². The van der Waals surface area contributed by atoms with E-state index in [0.717, 1.165) is 36.8 Å². The van der Waals surface area contributed by atoms with Gasteiger partial charge in [-0.25, -0.2) is 9.97 Å². The summed E-state index contributed by atoms with van der Waals surface area (Å²) in [7, 11) is 0. The van der Waals surface area contributed by atoms with Crippen molar-refractivity contribution in [2.24, 2.45) is 5.92 Å². The highest BCUT2D eigenvalue weighted by Gasteiger charge is 2.25. The van der Waals surface area contributed by atoms with E-state index >= 15 is 0 Å². The Hall–Kier alpha value is -0.640. The summed E-state index contributed by atoms with van der Waals surface area (Å²) >= 11 is 3.74. The van der Waals surface area contributed by atoms with Crippen molar-refractivity contribution in [3.8, 4) is 0 Å². The molecule has 1 aromatic heterocycles. The molecule has 1 aliphatic rings. The first-order valence-electron chi connectivity index (χ1n) is 6.72. The molecule has 2 rings (SSSR count). The highest BCUT2D eigenvalue weighted by atomic mass is 79.9. The lowest BCUT2D eigenvalue weighted by atomic mass is 10.0. The van der Waals surface area contributed by atoms with Gasteiger partial charge in [-0.15, -0.1) is 0 Å². The van der Waals surface area contributed by atoms with Crippen LogP contribution in [0.15, 0.2) is 6.07 Å². The van der Waals surface area contributed by atoms with Gasteiger partial charge in [0.05, 0.1) is 0 Å². The van der Waals surface area contributed by atoms with Gasteiger partial charge in [-0.3, -0.25) is 0 Å². The van der Waals surface area contributed by atoms with Gasteiger partial charge in [-0.05, 0) is 31.2 Å². The van der Waals surface area contributed by atoms with Crippen molar-refractivity contribution < 1.29 is 0 Å². The first-order chi connectivity index (χ1) is 8.47. The highest BCUT2D eigenvalue weighted by Crippen LogP contribution is 2.26. The Morgan fingerprint density at radius 2 is 2.11 bits per heavy atom. The van der Waals surface area contributed by atoms with Crippen LogP contribution in [0.25, 0.3) is 0 Å². The normalized spacial score (nSPS) is 24.7. The van der Waals surface area contributed by atoms with E-state index in [2.05, 4.69) is 59.6 Å². The number of halogens is 1. The predicted molar refractivity (Wildman–Crippen MR) is 79.6 cm³/mol. The monoisotopic (exact) mass is 311 g/mol. The lowest BCUT2D eigenvalue weighted by molar-refractivity contribution is 0.460. The Morgan fingerprint density at radius 3 is 2.72 bits per heavy atom. The van der Waals surface area contributed by atoms with Crippen LogP contribution in [0.1, 0.15) is 44.5 Å². The zero-order chi connectivity index (χ0) is 13.3. The van der Waals surface area contributed by atoms with Crippen LogP contribution in [-0.4, -0.2) is 27.9 Å². The molecule has 1 saturated heterocycles. The molecule has 0 radical (unpaired) electrons. The van der Waals surface area contributed by atoms with Crippen LogP contribution in [-0.2, 0) is 0 Å². The predicted octanol–water partition coefficient (Wildman–Crippen LogP) is 3.52. The summed E-state index contributed by atoms with van der Waals surface area (Å²) in [6.07, 6.45) is 1.16. The number of aromatic nitrogens is 2. The molecule has 4 heteroatoms. The van der Waals surface area contributed by atoms with Crippen molar-refractivity contribution in [2.75, 3.05) is 18.0 Å². The van der Waals surface area contributed by atoms with Gasteiger partial charge in [0.1, 0.15) is 0 Å². The SMILES string of the molecule is Cc1cc(C(C)C)nc(N2CCC(Br)C(C)C2)n1. The Balaban J connectivity index is 2.23. The van der Waals surface area contributed by atoms with Crippen molar-refractivity contribution in [3.63, 3.8) is 0 Å². The molecule has 0 saturated carbocycles. The number of anilines is 1. The average Bonchev–Trinajstić information content (AvgIpc) is 2.31. The minimum absolute atomic E-state index is 0.455. The molecule has 1 aromatic rings. The second-order valence-electron chi connectivity index (χ2n) is 5.62. The minimum Gasteiger partial charge on any atom is -0.340 e. The van der Waals surface area contributed by atoms with Crippen LogP contribution in [0.2, 0.25) is 0 Å². The maximum Gasteiger partial charge on any atom is 0.225 e. The highest BCUT2D eigenvalue weighted by molar-refractivity contribution is 9.09. The van der Waals surface area contributed by atoms with Crippen LogP contribution in [0.3, 0.4) is 0 Å². The lowest BCUT2D eigenvalue weighted by Gasteiger charge is -2.34. The largest absolute Gasteiger partial charge is 0.340 e. The quantitative estimate of drug-likeness (QED) is 0.783. The van der Waals surface area contributed by atoms with E-state index in [4.69, 9.17) is 4.98 Å². The van der Waals surface area contributed by atoms with Crippen molar-refractivity contribution in [1.82, 2.24) is 9.97 Å². The molecule has 0 amide bonds. The number of rotatable bonds is 2. The smallest absolute Gasteiger partial charge is 0.225 e.